The van der Waals surface area contributed by atoms with Gasteiger partial charge in [0.2, 0.25) is 0 Å². The summed E-state index contributed by atoms with van der Waals surface area (Å²) in [6, 6.07) is 14.9. The highest BCUT2D eigenvalue weighted by Gasteiger charge is 2.34. The van der Waals surface area contributed by atoms with E-state index in [9.17, 15) is 9.59 Å². The lowest BCUT2D eigenvalue weighted by Gasteiger charge is -2.34. The molecule has 0 radical (unpaired) electrons. The van der Waals surface area contributed by atoms with Gasteiger partial charge in [-0.15, -0.1) is 0 Å². The van der Waals surface area contributed by atoms with Gasteiger partial charge in [0.05, 0.1) is 24.8 Å². The Morgan fingerprint density at radius 2 is 1.81 bits per heavy atom. The lowest BCUT2D eigenvalue weighted by Crippen LogP contribution is -2.49. The Balaban J connectivity index is 1.65. The standard InChI is InChI=1S/C25H29N3O4/c1-3-31-20-11-9-18(10-12-20)23-22(24(29)32-4-2)21(26-25(30)27-23)16-28-14-13-17-7-5-6-8-19(17)15-28/h5-12,23H,3-4,13-16H2,1-2H3,(H2,26,27,30)/t23-/m1/s1. The molecular weight excluding hydrogens is 406 g/mol. The van der Waals surface area contributed by atoms with E-state index in [0.717, 1.165) is 30.8 Å². The van der Waals surface area contributed by atoms with Crippen molar-refractivity contribution in [3.05, 3.63) is 76.5 Å². The van der Waals surface area contributed by atoms with E-state index in [-0.39, 0.29) is 12.6 Å². The molecule has 7 heteroatoms. The van der Waals surface area contributed by atoms with Crippen molar-refractivity contribution >= 4 is 12.0 Å². The van der Waals surface area contributed by atoms with E-state index < -0.39 is 12.0 Å². The maximum atomic E-state index is 13.0. The van der Waals surface area contributed by atoms with Crippen molar-refractivity contribution in [2.75, 3.05) is 26.3 Å². The number of amides is 2. The molecule has 0 aromatic heterocycles. The first-order chi connectivity index (χ1) is 15.6. The molecule has 2 amide bonds. The van der Waals surface area contributed by atoms with E-state index in [2.05, 4.69) is 33.7 Å². The maximum Gasteiger partial charge on any atom is 0.338 e. The van der Waals surface area contributed by atoms with Crippen LogP contribution in [0.2, 0.25) is 0 Å². The second-order valence-electron chi connectivity index (χ2n) is 7.88. The van der Waals surface area contributed by atoms with Crippen LogP contribution in [0.15, 0.2) is 59.8 Å². The largest absolute Gasteiger partial charge is 0.494 e. The molecule has 2 aliphatic rings. The number of esters is 1. The van der Waals surface area contributed by atoms with Crippen molar-refractivity contribution in [1.82, 2.24) is 15.5 Å². The molecule has 2 aliphatic heterocycles. The van der Waals surface area contributed by atoms with Gasteiger partial charge in [0, 0.05) is 25.3 Å². The molecule has 7 nitrogen and oxygen atoms in total. The smallest absolute Gasteiger partial charge is 0.338 e. The topological polar surface area (TPSA) is 79.9 Å². The quantitative estimate of drug-likeness (QED) is 0.653. The van der Waals surface area contributed by atoms with Crippen molar-refractivity contribution in [2.24, 2.45) is 0 Å². The van der Waals surface area contributed by atoms with Crippen LogP contribution in [0, 0.1) is 0 Å². The summed E-state index contributed by atoms with van der Waals surface area (Å²) in [5.41, 5.74) is 4.46. The number of carbonyl (C=O) groups excluding carboxylic acids is 2. The van der Waals surface area contributed by atoms with Crippen LogP contribution in [-0.4, -0.2) is 43.2 Å². The fourth-order valence-corrected chi connectivity index (χ4v) is 4.28. The average molecular weight is 436 g/mol. The number of carbonyl (C=O) groups is 2. The third-order valence-electron chi connectivity index (χ3n) is 5.76. The van der Waals surface area contributed by atoms with Gasteiger partial charge in [-0.3, -0.25) is 4.90 Å². The van der Waals surface area contributed by atoms with E-state index in [1.165, 1.54) is 11.1 Å². The minimum Gasteiger partial charge on any atom is -0.494 e. The van der Waals surface area contributed by atoms with Crippen molar-refractivity contribution in [1.29, 1.82) is 0 Å². The van der Waals surface area contributed by atoms with Gasteiger partial charge in [0.25, 0.3) is 0 Å². The first kappa shape index (κ1) is 21.9. The van der Waals surface area contributed by atoms with Crippen molar-refractivity contribution in [3.8, 4) is 5.75 Å². The zero-order valence-electron chi connectivity index (χ0n) is 18.5. The first-order valence-electron chi connectivity index (χ1n) is 11.1. The van der Waals surface area contributed by atoms with Gasteiger partial charge in [0.1, 0.15) is 5.75 Å². The molecular formula is C25H29N3O4. The van der Waals surface area contributed by atoms with Gasteiger partial charge in [-0.2, -0.15) is 0 Å². The lowest BCUT2D eigenvalue weighted by atomic mass is 9.94. The number of hydrogen-bond acceptors (Lipinski definition) is 5. The van der Waals surface area contributed by atoms with Crippen LogP contribution < -0.4 is 15.4 Å². The van der Waals surface area contributed by atoms with Crippen LogP contribution in [0.5, 0.6) is 5.75 Å². The zero-order chi connectivity index (χ0) is 22.5. The van der Waals surface area contributed by atoms with E-state index in [1.54, 1.807) is 6.92 Å². The molecule has 32 heavy (non-hydrogen) atoms. The van der Waals surface area contributed by atoms with E-state index in [1.807, 2.05) is 37.3 Å². The normalized spacial score (nSPS) is 18.4. The summed E-state index contributed by atoms with van der Waals surface area (Å²) < 4.78 is 10.9. The van der Waals surface area contributed by atoms with Crippen LogP contribution in [0.25, 0.3) is 0 Å². The van der Waals surface area contributed by atoms with Crippen LogP contribution in [0.1, 0.15) is 36.6 Å². The number of nitrogens with zero attached hydrogens (tertiary/aromatic N) is 1. The van der Waals surface area contributed by atoms with Gasteiger partial charge in [-0.25, -0.2) is 9.59 Å². The number of nitrogens with one attached hydrogen (secondary N) is 2. The highest BCUT2D eigenvalue weighted by atomic mass is 16.5. The Morgan fingerprint density at radius 1 is 1.06 bits per heavy atom. The molecule has 0 spiro atoms. The van der Waals surface area contributed by atoms with Crippen LogP contribution in [0.3, 0.4) is 0 Å². The van der Waals surface area contributed by atoms with Gasteiger partial charge < -0.3 is 20.1 Å². The predicted octanol–water partition coefficient (Wildman–Crippen LogP) is 3.31. The number of hydrogen-bond donors (Lipinski definition) is 2. The lowest BCUT2D eigenvalue weighted by molar-refractivity contribution is -0.139. The molecule has 0 saturated carbocycles. The molecule has 1 atom stereocenters. The highest BCUT2D eigenvalue weighted by molar-refractivity contribution is 5.95. The second-order valence-corrected chi connectivity index (χ2v) is 7.88. The summed E-state index contributed by atoms with van der Waals surface area (Å²) in [5, 5.41) is 5.76. The predicted molar refractivity (Wildman–Crippen MR) is 121 cm³/mol. The molecule has 0 saturated heterocycles. The number of benzene rings is 2. The van der Waals surface area contributed by atoms with Gasteiger partial charge in [-0.1, -0.05) is 36.4 Å². The Labute approximate surface area is 188 Å². The van der Waals surface area contributed by atoms with E-state index in [0.29, 0.717) is 24.4 Å². The van der Waals surface area contributed by atoms with Crippen molar-refractivity contribution < 1.29 is 19.1 Å². The van der Waals surface area contributed by atoms with Crippen molar-refractivity contribution in [2.45, 2.75) is 32.9 Å². The number of urea groups is 1. The Morgan fingerprint density at radius 3 is 2.53 bits per heavy atom. The number of ether oxygens (including phenoxy) is 2. The highest BCUT2D eigenvalue weighted by Crippen LogP contribution is 2.30. The molecule has 168 valence electrons. The fraction of sp³-hybridized carbons (Fsp3) is 0.360. The maximum absolute atomic E-state index is 13.0. The molecule has 2 aromatic carbocycles. The molecule has 2 heterocycles. The fourth-order valence-electron chi connectivity index (χ4n) is 4.28. The molecule has 0 aliphatic carbocycles. The molecule has 0 unspecified atom stereocenters. The summed E-state index contributed by atoms with van der Waals surface area (Å²) in [4.78, 5) is 27.8. The van der Waals surface area contributed by atoms with Gasteiger partial charge in [-0.05, 0) is 49.1 Å². The molecule has 0 bridgehead atoms. The van der Waals surface area contributed by atoms with Gasteiger partial charge in [0.15, 0.2) is 0 Å². The molecule has 4 rings (SSSR count). The first-order valence-corrected chi connectivity index (χ1v) is 11.1. The Kier molecular flexibility index (Phi) is 6.75. The third-order valence-corrected chi connectivity index (χ3v) is 5.76. The SMILES string of the molecule is CCOC(=O)C1=C(CN2CCc3ccccc3C2)NC(=O)N[C@@H]1c1ccc(OCC)cc1. The molecule has 2 aromatic rings. The minimum absolute atomic E-state index is 0.261. The second kappa shape index (κ2) is 9.87. The summed E-state index contributed by atoms with van der Waals surface area (Å²) >= 11 is 0. The van der Waals surface area contributed by atoms with Gasteiger partial charge >= 0.3 is 12.0 Å². The summed E-state index contributed by atoms with van der Waals surface area (Å²) in [5.74, 6) is 0.316. The number of rotatable bonds is 7. The number of fused-ring (bicyclic) bond motifs is 1. The van der Waals surface area contributed by atoms with Crippen molar-refractivity contribution in [3.63, 3.8) is 0 Å². The zero-order valence-corrected chi connectivity index (χ0v) is 18.5. The van der Waals surface area contributed by atoms with Crippen LogP contribution in [0.4, 0.5) is 4.79 Å². The third kappa shape index (κ3) is 4.78. The van der Waals surface area contributed by atoms with Crippen LogP contribution in [-0.2, 0) is 22.5 Å². The Hall–Kier alpha value is -3.32. The van der Waals surface area contributed by atoms with E-state index in [4.69, 9.17) is 9.47 Å². The van der Waals surface area contributed by atoms with E-state index >= 15 is 0 Å². The average Bonchev–Trinajstić information content (AvgIpc) is 2.79. The minimum atomic E-state index is -0.592. The summed E-state index contributed by atoms with van der Waals surface area (Å²) in [6.07, 6.45) is 0.937. The monoisotopic (exact) mass is 435 g/mol. The van der Waals surface area contributed by atoms with Crippen LogP contribution >= 0.6 is 0 Å². The Bertz CT molecular complexity index is 1020. The molecule has 0 fully saturated rings. The summed E-state index contributed by atoms with van der Waals surface area (Å²) in [7, 11) is 0. The molecule has 2 N–H and O–H groups in total. The summed E-state index contributed by atoms with van der Waals surface area (Å²) in [6.45, 7) is 6.62.